The molecule has 7 heteroatoms. The summed E-state index contributed by atoms with van der Waals surface area (Å²) in [5.41, 5.74) is 0. The van der Waals surface area contributed by atoms with Crippen LogP contribution in [-0.4, -0.2) is 59.6 Å². The molecule has 0 aromatic rings. The van der Waals surface area contributed by atoms with Crippen molar-refractivity contribution in [1.82, 2.24) is 13.7 Å². The summed E-state index contributed by atoms with van der Waals surface area (Å²) in [7, 11) is -2.94. The zero-order valence-electron chi connectivity index (χ0n) is 15.8. The van der Waals surface area contributed by atoms with Crippen LogP contribution in [0.2, 0.25) is 6.55 Å². The Kier molecular flexibility index (Phi) is 9.12. The molecular weight excluding hydrogens is 310 g/mol. The second-order valence-electron chi connectivity index (χ2n) is 5.98. The molecule has 0 heterocycles. The second kappa shape index (κ2) is 9.70. The summed E-state index contributed by atoms with van der Waals surface area (Å²) in [6.07, 6.45) is 2.37. The molecule has 0 aromatic heterocycles. The fourth-order valence-electron chi connectivity index (χ4n) is 3.11. The number of hydrogen-bond acceptors (Lipinski definition) is 3. The van der Waals surface area contributed by atoms with E-state index in [1.807, 2.05) is 27.3 Å². The maximum Gasteiger partial charge on any atom is 0.383 e. The third-order valence-electron chi connectivity index (χ3n) is 4.02. The Bertz CT molecular complexity index is 369. The largest absolute Gasteiger partial charge is 0.383 e. The van der Waals surface area contributed by atoms with Crippen molar-refractivity contribution >= 4 is 26.3 Å². The lowest BCUT2D eigenvalue weighted by atomic mass is 10.5. The smallest absolute Gasteiger partial charge is 0.335 e. The average Bonchev–Trinajstić information content (AvgIpc) is 2.46. The van der Waals surface area contributed by atoms with Gasteiger partial charge in [0.25, 0.3) is 0 Å². The minimum atomic E-state index is -2.94. The van der Waals surface area contributed by atoms with E-state index < -0.39 is 8.56 Å². The Morgan fingerprint density at radius 1 is 0.652 bits per heavy atom. The molecule has 0 aliphatic heterocycles. The molecule has 0 unspecified atom stereocenters. The second-order valence-corrected chi connectivity index (χ2v) is 9.54. The van der Waals surface area contributed by atoms with E-state index in [4.69, 9.17) is 0 Å². The first-order valence-corrected chi connectivity index (χ1v) is 10.9. The highest BCUT2D eigenvalue weighted by Gasteiger charge is 2.51. The van der Waals surface area contributed by atoms with Crippen LogP contribution in [0.25, 0.3) is 0 Å². The normalized spacial score (nSPS) is 11.1. The predicted octanol–water partition coefficient (Wildman–Crippen LogP) is 2.33. The lowest BCUT2D eigenvalue weighted by Crippen LogP contribution is -2.76. The molecule has 0 bridgehead atoms. The van der Waals surface area contributed by atoms with Gasteiger partial charge in [-0.2, -0.15) is 0 Å². The molecule has 3 amide bonds. The molecule has 0 atom stereocenters. The molecule has 0 spiro atoms. The van der Waals surface area contributed by atoms with Crippen molar-refractivity contribution < 1.29 is 14.4 Å². The minimum absolute atomic E-state index is 0.0780. The predicted molar refractivity (Wildman–Crippen MR) is 94.7 cm³/mol. The van der Waals surface area contributed by atoms with Crippen LogP contribution >= 0.6 is 0 Å². The molecule has 0 aliphatic carbocycles. The van der Waals surface area contributed by atoms with E-state index in [0.29, 0.717) is 19.6 Å². The summed E-state index contributed by atoms with van der Waals surface area (Å²) in [6, 6.07) is 0. The van der Waals surface area contributed by atoms with Gasteiger partial charge in [0, 0.05) is 40.4 Å². The van der Waals surface area contributed by atoms with E-state index in [2.05, 4.69) is 0 Å². The molecular formula is C16H33N3O3Si. The van der Waals surface area contributed by atoms with Gasteiger partial charge in [-0.1, -0.05) is 20.8 Å². The highest BCUT2D eigenvalue weighted by Crippen LogP contribution is 2.23. The van der Waals surface area contributed by atoms with Crippen molar-refractivity contribution in [1.29, 1.82) is 0 Å². The molecule has 134 valence electrons. The highest BCUT2D eigenvalue weighted by molar-refractivity contribution is 6.76. The fraction of sp³-hybridized carbons (Fsp3) is 0.812. The van der Waals surface area contributed by atoms with Crippen LogP contribution in [0.15, 0.2) is 0 Å². The highest BCUT2D eigenvalue weighted by atomic mass is 28.4. The molecule has 6 nitrogen and oxygen atoms in total. The SMILES string of the molecule is CCCN(C(C)=O)[Si](C)(N(CCC)C(C)=O)N(CCC)C(C)=O. The first-order valence-electron chi connectivity index (χ1n) is 8.52. The lowest BCUT2D eigenvalue weighted by molar-refractivity contribution is -0.130. The Morgan fingerprint density at radius 2 is 0.870 bits per heavy atom. The Labute approximate surface area is 142 Å². The average molecular weight is 344 g/mol. The first-order chi connectivity index (χ1) is 10.7. The van der Waals surface area contributed by atoms with Gasteiger partial charge < -0.3 is 13.7 Å². The maximum absolute atomic E-state index is 12.3. The Hall–Kier alpha value is -1.37. The quantitative estimate of drug-likeness (QED) is 0.604. The van der Waals surface area contributed by atoms with E-state index in [-0.39, 0.29) is 17.7 Å². The number of rotatable bonds is 9. The third-order valence-corrected chi connectivity index (χ3v) is 8.70. The zero-order valence-corrected chi connectivity index (χ0v) is 16.8. The lowest BCUT2D eigenvalue weighted by Gasteiger charge is -2.51. The minimum Gasteiger partial charge on any atom is -0.335 e. The summed E-state index contributed by atoms with van der Waals surface area (Å²) >= 11 is 0. The van der Waals surface area contributed by atoms with Crippen LogP contribution in [0.4, 0.5) is 0 Å². The van der Waals surface area contributed by atoms with Crippen molar-refractivity contribution in [2.24, 2.45) is 0 Å². The van der Waals surface area contributed by atoms with Crippen molar-refractivity contribution in [3.05, 3.63) is 0 Å². The number of nitrogens with zero attached hydrogens (tertiary/aromatic N) is 3. The summed E-state index contributed by atoms with van der Waals surface area (Å²) in [5, 5.41) is 0. The third kappa shape index (κ3) is 5.05. The van der Waals surface area contributed by atoms with Gasteiger partial charge in [-0.25, -0.2) is 0 Å². The standard InChI is InChI=1S/C16H33N3O3Si/c1-8-11-17(14(4)20)23(7,18(12-9-2)15(5)21)19(13-10-3)16(6)22/h8-13H2,1-7H3. The maximum atomic E-state index is 12.3. The number of carbonyl (C=O) groups excluding carboxylic acids is 3. The van der Waals surface area contributed by atoms with E-state index in [9.17, 15) is 14.4 Å². The van der Waals surface area contributed by atoms with Gasteiger partial charge in [0.15, 0.2) is 0 Å². The fourth-order valence-corrected chi connectivity index (χ4v) is 7.72. The van der Waals surface area contributed by atoms with Crippen molar-refractivity contribution in [2.45, 2.75) is 67.4 Å². The topological polar surface area (TPSA) is 60.9 Å². The monoisotopic (exact) mass is 343 g/mol. The van der Waals surface area contributed by atoms with Crippen LogP contribution in [0.3, 0.4) is 0 Å². The Balaban J connectivity index is 6.24. The van der Waals surface area contributed by atoms with Gasteiger partial charge in [-0.3, -0.25) is 14.4 Å². The zero-order chi connectivity index (χ0) is 18.2. The van der Waals surface area contributed by atoms with Crippen molar-refractivity contribution in [3.8, 4) is 0 Å². The number of carbonyl (C=O) groups is 3. The number of hydrogen-bond donors (Lipinski definition) is 0. The van der Waals surface area contributed by atoms with Crippen LogP contribution in [0.5, 0.6) is 0 Å². The van der Waals surface area contributed by atoms with Crippen molar-refractivity contribution in [3.63, 3.8) is 0 Å². The summed E-state index contributed by atoms with van der Waals surface area (Å²) in [6.45, 7) is 14.2. The van der Waals surface area contributed by atoms with Gasteiger partial charge in [-0.15, -0.1) is 0 Å². The molecule has 0 fully saturated rings. The van der Waals surface area contributed by atoms with Gasteiger partial charge in [0.05, 0.1) is 0 Å². The van der Waals surface area contributed by atoms with Crippen LogP contribution in [0, 0.1) is 0 Å². The van der Waals surface area contributed by atoms with Gasteiger partial charge >= 0.3 is 8.56 Å². The number of amides is 3. The van der Waals surface area contributed by atoms with E-state index in [1.165, 1.54) is 20.8 Å². The Morgan fingerprint density at radius 3 is 1.00 bits per heavy atom. The van der Waals surface area contributed by atoms with E-state index >= 15 is 0 Å². The molecule has 0 radical (unpaired) electrons. The van der Waals surface area contributed by atoms with Crippen LogP contribution < -0.4 is 0 Å². The molecule has 0 saturated carbocycles. The molecule has 0 aliphatic rings. The van der Waals surface area contributed by atoms with Gasteiger partial charge in [0.2, 0.25) is 17.7 Å². The molecule has 0 aromatic carbocycles. The van der Waals surface area contributed by atoms with Crippen LogP contribution in [-0.2, 0) is 14.4 Å². The van der Waals surface area contributed by atoms with Gasteiger partial charge in [-0.05, 0) is 25.8 Å². The molecule has 23 heavy (non-hydrogen) atoms. The summed E-state index contributed by atoms with van der Waals surface area (Å²) in [4.78, 5) is 37.0. The van der Waals surface area contributed by atoms with Gasteiger partial charge in [0.1, 0.15) is 0 Å². The molecule has 0 rings (SSSR count). The summed E-state index contributed by atoms with van der Waals surface area (Å²) in [5.74, 6) is -0.234. The summed E-state index contributed by atoms with van der Waals surface area (Å²) < 4.78 is 5.34. The first kappa shape index (κ1) is 21.6. The molecule has 0 saturated heterocycles. The molecule has 0 N–H and O–H groups in total. The van der Waals surface area contributed by atoms with Crippen LogP contribution in [0.1, 0.15) is 60.8 Å². The van der Waals surface area contributed by atoms with E-state index in [0.717, 1.165) is 19.3 Å². The van der Waals surface area contributed by atoms with Crippen molar-refractivity contribution in [2.75, 3.05) is 19.6 Å². The van der Waals surface area contributed by atoms with E-state index in [1.54, 1.807) is 13.7 Å².